The minimum atomic E-state index is -1.38. The largest absolute Gasteiger partial charge is 0.497 e. The summed E-state index contributed by atoms with van der Waals surface area (Å²) in [5, 5.41) is 11.7. The molecule has 3 nitrogen and oxygen atoms in total. The van der Waals surface area contributed by atoms with E-state index < -0.39 is 5.79 Å². The summed E-state index contributed by atoms with van der Waals surface area (Å²) in [5.74, 6) is 0.578. The molecule has 2 atom stereocenters. The first kappa shape index (κ1) is 19.5. The normalized spacial score (nSPS) is 20.8. The summed E-state index contributed by atoms with van der Waals surface area (Å²) in [6, 6.07) is 22.1. The van der Waals surface area contributed by atoms with E-state index in [-0.39, 0.29) is 5.92 Å². The van der Waals surface area contributed by atoms with E-state index in [1.54, 1.807) is 7.11 Å². The van der Waals surface area contributed by atoms with Crippen molar-refractivity contribution in [1.82, 2.24) is 0 Å². The molecule has 0 aliphatic carbocycles. The van der Waals surface area contributed by atoms with Crippen LogP contribution in [-0.2, 0) is 5.79 Å². The van der Waals surface area contributed by atoms with Gasteiger partial charge in [0.15, 0.2) is 0 Å². The van der Waals surface area contributed by atoms with E-state index in [1.165, 1.54) is 11.1 Å². The number of aliphatic hydroxyl groups is 1. The molecule has 3 aromatic rings. The van der Waals surface area contributed by atoms with Gasteiger partial charge in [-0.05, 0) is 41.7 Å². The molecule has 1 aliphatic rings. The van der Waals surface area contributed by atoms with Gasteiger partial charge in [-0.1, -0.05) is 68.4 Å². The van der Waals surface area contributed by atoms with E-state index in [2.05, 4.69) is 45.0 Å². The smallest absolute Gasteiger partial charge is 0.235 e. The van der Waals surface area contributed by atoms with Crippen LogP contribution in [0.2, 0.25) is 0 Å². The van der Waals surface area contributed by atoms with Gasteiger partial charge in [-0.25, -0.2) is 0 Å². The lowest BCUT2D eigenvalue weighted by Gasteiger charge is -2.41. The Labute approximate surface area is 172 Å². The number of methoxy groups -OCH3 is 1. The highest BCUT2D eigenvalue weighted by atomic mass is 16.6. The van der Waals surface area contributed by atoms with Gasteiger partial charge in [-0.2, -0.15) is 0 Å². The van der Waals surface area contributed by atoms with E-state index in [1.807, 2.05) is 42.5 Å². The third kappa shape index (κ3) is 3.51. The molecule has 0 amide bonds. The van der Waals surface area contributed by atoms with Crippen molar-refractivity contribution in [3.63, 3.8) is 0 Å². The number of hydrogen-bond donors (Lipinski definition) is 1. The molecule has 0 saturated heterocycles. The second-order valence-electron chi connectivity index (χ2n) is 8.15. The van der Waals surface area contributed by atoms with Crippen LogP contribution in [0.5, 0.6) is 11.5 Å². The maximum atomic E-state index is 11.7. The van der Waals surface area contributed by atoms with Crippen LogP contribution in [0.25, 0.3) is 0 Å². The van der Waals surface area contributed by atoms with Crippen molar-refractivity contribution in [3.05, 3.63) is 94.5 Å². The van der Waals surface area contributed by atoms with E-state index in [9.17, 15) is 5.11 Å². The van der Waals surface area contributed by atoms with Gasteiger partial charge >= 0.3 is 0 Å². The minimum absolute atomic E-state index is 0.0218. The van der Waals surface area contributed by atoms with Crippen molar-refractivity contribution >= 4 is 0 Å². The molecule has 0 bridgehead atoms. The molecule has 29 heavy (non-hydrogen) atoms. The first-order chi connectivity index (χ1) is 13.9. The molecule has 1 N–H and O–H groups in total. The Morgan fingerprint density at radius 2 is 1.69 bits per heavy atom. The van der Waals surface area contributed by atoms with Gasteiger partial charge in [0.1, 0.15) is 11.5 Å². The van der Waals surface area contributed by atoms with Crippen LogP contribution in [0.3, 0.4) is 0 Å². The van der Waals surface area contributed by atoms with Crippen molar-refractivity contribution in [3.8, 4) is 11.5 Å². The van der Waals surface area contributed by atoms with Crippen LogP contribution in [0, 0.1) is 6.92 Å². The lowest BCUT2D eigenvalue weighted by molar-refractivity contribution is -0.162. The topological polar surface area (TPSA) is 38.7 Å². The molecular formula is C26H28O3. The highest BCUT2D eigenvalue weighted by molar-refractivity contribution is 5.55. The third-order valence-corrected chi connectivity index (χ3v) is 5.91. The van der Waals surface area contributed by atoms with Crippen LogP contribution in [-0.4, -0.2) is 12.2 Å². The zero-order valence-electron chi connectivity index (χ0n) is 17.5. The quantitative estimate of drug-likeness (QED) is 0.606. The number of aryl methyl sites for hydroxylation is 1. The summed E-state index contributed by atoms with van der Waals surface area (Å²) >= 11 is 0. The SMILES string of the molecule is COc1ccc([C@H]2C[C@@](O)(c3ccccc3)Oc3c(C(C)C)ccc(C)c32)cc1. The monoisotopic (exact) mass is 388 g/mol. The van der Waals surface area contributed by atoms with Gasteiger partial charge in [0.05, 0.1) is 7.11 Å². The molecule has 3 aromatic carbocycles. The first-order valence-corrected chi connectivity index (χ1v) is 10.2. The average Bonchev–Trinajstić information content (AvgIpc) is 2.74. The van der Waals surface area contributed by atoms with Gasteiger partial charge in [-0.3, -0.25) is 0 Å². The van der Waals surface area contributed by atoms with Gasteiger partial charge in [0, 0.05) is 23.5 Å². The molecule has 150 valence electrons. The molecule has 0 unspecified atom stereocenters. The van der Waals surface area contributed by atoms with Crippen molar-refractivity contribution < 1.29 is 14.6 Å². The molecule has 0 fully saturated rings. The summed E-state index contributed by atoms with van der Waals surface area (Å²) < 4.78 is 11.7. The van der Waals surface area contributed by atoms with E-state index >= 15 is 0 Å². The van der Waals surface area contributed by atoms with E-state index in [4.69, 9.17) is 9.47 Å². The molecule has 1 heterocycles. The number of benzene rings is 3. The number of ether oxygens (including phenoxy) is 2. The zero-order valence-corrected chi connectivity index (χ0v) is 17.5. The number of fused-ring (bicyclic) bond motifs is 1. The third-order valence-electron chi connectivity index (χ3n) is 5.91. The van der Waals surface area contributed by atoms with Gasteiger partial charge < -0.3 is 14.6 Å². The zero-order chi connectivity index (χ0) is 20.6. The first-order valence-electron chi connectivity index (χ1n) is 10.2. The van der Waals surface area contributed by atoms with Crippen molar-refractivity contribution in [2.75, 3.05) is 7.11 Å². The van der Waals surface area contributed by atoms with Crippen molar-refractivity contribution in [2.24, 2.45) is 0 Å². The number of rotatable bonds is 4. The second kappa shape index (κ2) is 7.57. The van der Waals surface area contributed by atoms with Crippen molar-refractivity contribution in [2.45, 2.75) is 44.8 Å². The van der Waals surface area contributed by atoms with Gasteiger partial charge in [-0.15, -0.1) is 0 Å². The summed E-state index contributed by atoms with van der Waals surface area (Å²) in [6.07, 6.45) is 0.457. The van der Waals surface area contributed by atoms with Gasteiger partial charge in [0.25, 0.3) is 0 Å². The van der Waals surface area contributed by atoms with E-state index in [0.717, 1.165) is 28.2 Å². The van der Waals surface area contributed by atoms with Crippen LogP contribution >= 0.6 is 0 Å². The predicted molar refractivity (Wildman–Crippen MR) is 116 cm³/mol. The van der Waals surface area contributed by atoms with Crippen LogP contribution in [0.1, 0.15) is 59.9 Å². The molecule has 0 saturated carbocycles. The maximum absolute atomic E-state index is 11.7. The molecule has 0 radical (unpaired) electrons. The Bertz CT molecular complexity index is 992. The molecule has 0 aromatic heterocycles. The van der Waals surface area contributed by atoms with Crippen molar-refractivity contribution in [1.29, 1.82) is 0 Å². The highest BCUT2D eigenvalue weighted by Crippen LogP contribution is 2.51. The summed E-state index contributed by atoms with van der Waals surface area (Å²) in [6.45, 7) is 6.44. The fraction of sp³-hybridized carbons (Fsp3) is 0.308. The summed E-state index contributed by atoms with van der Waals surface area (Å²) in [4.78, 5) is 0. The van der Waals surface area contributed by atoms with E-state index in [0.29, 0.717) is 12.3 Å². The van der Waals surface area contributed by atoms with Crippen LogP contribution in [0.15, 0.2) is 66.7 Å². The molecule has 3 heteroatoms. The van der Waals surface area contributed by atoms with Crippen LogP contribution in [0.4, 0.5) is 0 Å². The fourth-order valence-electron chi connectivity index (χ4n) is 4.30. The summed E-state index contributed by atoms with van der Waals surface area (Å²) in [5.41, 5.74) is 5.40. The maximum Gasteiger partial charge on any atom is 0.235 e. The summed E-state index contributed by atoms with van der Waals surface area (Å²) in [7, 11) is 1.67. The standard InChI is InChI=1S/C26H28O3/c1-17(2)22-15-10-18(3)24-23(19-11-13-21(28-4)14-12-19)16-26(27,29-25(22)24)20-8-6-5-7-9-20/h5-15,17,23,27H,16H2,1-4H3/t23-,26+/m1/s1. The minimum Gasteiger partial charge on any atom is -0.497 e. The number of hydrogen-bond acceptors (Lipinski definition) is 3. The molecule has 1 aliphatic heterocycles. The average molecular weight is 389 g/mol. The van der Waals surface area contributed by atoms with Gasteiger partial charge in [0.2, 0.25) is 5.79 Å². The highest BCUT2D eigenvalue weighted by Gasteiger charge is 2.43. The second-order valence-corrected chi connectivity index (χ2v) is 8.15. The molecule has 4 rings (SSSR count). The Balaban J connectivity index is 1.91. The lowest BCUT2D eigenvalue weighted by atomic mass is 9.77. The molecular weight excluding hydrogens is 360 g/mol. The Hall–Kier alpha value is -2.78. The Kier molecular flexibility index (Phi) is 5.10. The lowest BCUT2D eigenvalue weighted by Crippen LogP contribution is -2.39. The predicted octanol–water partition coefficient (Wildman–Crippen LogP) is 5.89. The molecule has 0 spiro atoms. The van der Waals surface area contributed by atoms with Crippen LogP contribution < -0.4 is 9.47 Å². The Morgan fingerprint density at radius 1 is 1.00 bits per heavy atom. The fourth-order valence-corrected chi connectivity index (χ4v) is 4.30. The Morgan fingerprint density at radius 3 is 2.31 bits per heavy atom.